The summed E-state index contributed by atoms with van der Waals surface area (Å²) < 4.78 is 6.18. The van der Waals surface area contributed by atoms with Gasteiger partial charge < -0.3 is 9.84 Å². The van der Waals surface area contributed by atoms with E-state index in [0.717, 1.165) is 20.3 Å². The van der Waals surface area contributed by atoms with Crippen molar-refractivity contribution in [2.24, 2.45) is 0 Å². The number of hydrogen-bond donors (Lipinski definition) is 1. The number of ether oxygens (including phenoxy) is 1. The lowest BCUT2D eigenvalue weighted by Gasteiger charge is -2.15. The summed E-state index contributed by atoms with van der Waals surface area (Å²) >= 11 is 8.35. The van der Waals surface area contributed by atoms with E-state index >= 15 is 0 Å². The Labute approximate surface area is 131 Å². The van der Waals surface area contributed by atoms with E-state index in [4.69, 9.17) is 16.3 Å². The minimum absolute atomic E-state index is 0.502. The highest BCUT2D eigenvalue weighted by atomic mass is 127. The molecule has 0 saturated heterocycles. The largest absolute Gasteiger partial charge is 0.495 e. The van der Waals surface area contributed by atoms with E-state index in [1.165, 1.54) is 0 Å². The standard InChI is InChI=1S/C15H14ClIO2/c1-9-4-3-5-11(14(9)17)15(18)10-6-7-13(19-2)12(16)8-10/h3-8,15,18H,1-2H3. The molecule has 0 radical (unpaired) electrons. The fourth-order valence-corrected chi connectivity index (χ4v) is 2.83. The number of aryl methyl sites for hydroxylation is 1. The highest BCUT2D eigenvalue weighted by Crippen LogP contribution is 2.32. The molecule has 0 saturated carbocycles. The van der Waals surface area contributed by atoms with Crippen molar-refractivity contribution >= 4 is 34.2 Å². The van der Waals surface area contributed by atoms with Crippen molar-refractivity contribution in [2.75, 3.05) is 7.11 Å². The second-order valence-electron chi connectivity index (χ2n) is 4.27. The molecule has 0 spiro atoms. The quantitative estimate of drug-likeness (QED) is 0.793. The third-order valence-electron chi connectivity index (χ3n) is 3.01. The molecule has 0 fully saturated rings. The number of aliphatic hydroxyl groups excluding tert-OH is 1. The minimum atomic E-state index is -0.685. The average Bonchev–Trinajstić information content (AvgIpc) is 2.41. The van der Waals surface area contributed by atoms with Gasteiger partial charge in [0.05, 0.1) is 12.1 Å². The van der Waals surface area contributed by atoms with Crippen LogP contribution in [0.3, 0.4) is 0 Å². The lowest BCUT2D eigenvalue weighted by Crippen LogP contribution is -2.03. The van der Waals surface area contributed by atoms with Gasteiger partial charge in [-0.2, -0.15) is 0 Å². The van der Waals surface area contributed by atoms with Crippen LogP contribution in [0, 0.1) is 10.5 Å². The molecule has 0 amide bonds. The van der Waals surface area contributed by atoms with Gasteiger partial charge in [0.25, 0.3) is 0 Å². The molecule has 4 heteroatoms. The lowest BCUT2D eigenvalue weighted by atomic mass is 10.00. The van der Waals surface area contributed by atoms with Gasteiger partial charge in [-0.1, -0.05) is 35.9 Å². The summed E-state index contributed by atoms with van der Waals surface area (Å²) in [5.74, 6) is 0.608. The van der Waals surface area contributed by atoms with Crippen LogP contribution in [0.4, 0.5) is 0 Å². The number of halogens is 2. The Balaban J connectivity index is 2.41. The van der Waals surface area contributed by atoms with E-state index in [0.29, 0.717) is 10.8 Å². The molecule has 19 heavy (non-hydrogen) atoms. The van der Waals surface area contributed by atoms with E-state index in [1.807, 2.05) is 31.2 Å². The fourth-order valence-electron chi connectivity index (χ4n) is 1.91. The SMILES string of the molecule is COc1ccc(C(O)c2cccc(C)c2I)cc1Cl. The zero-order valence-electron chi connectivity index (χ0n) is 10.7. The van der Waals surface area contributed by atoms with Crippen molar-refractivity contribution in [3.8, 4) is 5.75 Å². The van der Waals surface area contributed by atoms with Crippen LogP contribution < -0.4 is 4.74 Å². The van der Waals surface area contributed by atoms with E-state index in [9.17, 15) is 5.11 Å². The molecule has 0 aliphatic heterocycles. The molecule has 1 unspecified atom stereocenters. The van der Waals surface area contributed by atoms with Crippen molar-refractivity contribution in [3.63, 3.8) is 0 Å². The molecular formula is C15H14ClIO2. The maximum Gasteiger partial charge on any atom is 0.137 e. The van der Waals surface area contributed by atoms with Gasteiger partial charge in [-0.3, -0.25) is 0 Å². The Morgan fingerprint density at radius 2 is 2.00 bits per heavy atom. The van der Waals surface area contributed by atoms with Crippen LogP contribution in [0.15, 0.2) is 36.4 Å². The van der Waals surface area contributed by atoms with Gasteiger partial charge in [-0.05, 0) is 58.3 Å². The van der Waals surface area contributed by atoms with Gasteiger partial charge in [0, 0.05) is 3.57 Å². The van der Waals surface area contributed by atoms with E-state index < -0.39 is 6.10 Å². The monoisotopic (exact) mass is 388 g/mol. The van der Waals surface area contributed by atoms with Gasteiger partial charge in [0.15, 0.2) is 0 Å². The molecule has 0 aromatic heterocycles. The fraction of sp³-hybridized carbons (Fsp3) is 0.200. The highest BCUT2D eigenvalue weighted by Gasteiger charge is 2.16. The van der Waals surface area contributed by atoms with Gasteiger partial charge in [0.2, 0.25) is 0 Å². The first-order chi connectivity index (χ1) is 9.04. The number of aliphatic hydroxyl groups is 1. The number of rotatable bonds is 3. The molecular weight excluding hydrogens is 375 g/mol. The Bertz CT molecular complexity index is 599. The van der Waals surface area contributed by atoms with Gasteiger partial charge in [0.1, 0.15) is 11.9 Å². The first-order valence-electron chi connectivity index (χ1n) is 5.81. The zero-order valence-corrected chi connectivity index (χ0v) is 13.6. The van der Waals surface area contributed by atoms with Crippen molar-refractivity contribution in [3.05, 3.63) is 61.7 Å². The average molecular weight is 389 g/mol. The molecule has 2 rings (SSSR count). The van der Waals surface area contributed by atoms with Gasteiger partial charge in [-0.25, -0.2) is 0 Å². The third-order valence-corrected chi connectivity index (χ3v) is 4.78. The van der Waals surface area contributed by atoms with E-state index in [2.05, 4.69) is 22.6 Å². The van der Waals surface area contributed by atoms with Crippen molar-refractivity contribution in [1.29, 1.82) is 0 Å². The normalized spacial score (nSPS) is 12.3. The molecule has 0 heterocycles. The van der Waals surface area contributed by atoms with Crippen LogP contribution in [-0.4, -0.2) is 12.2 Å². The summed E-state index contributed by atoms with van der Waals surface area (Å²) in [6, 6.07) is 11.2. The number of methoxy groups -OCH3 is 1. The lowest BCUT2D eigenvalue weighted by molar-refractivity contribution is 0.219. The van der Waals surface area contributed by atoms with E-state index in [-0.39, 0.29) is 0 Å². The Morgan fingerprint density at radius 1 is 1.26 bits per heavy atom. The molecule has 0 aliphatic carbocycles. The molecule has 2 aromatic rings. The topological polar surface area (TPSA) is 29.5 Å². The summed E-state index contributed by atoms with van der Waals surface area (Å²) in [7, 11) is 1.57. The molecule has 100 valence electrons. The second kappa shape index (κ2) is 6.11. The number of benzene rings is 2. The van der Waals surface area contributed by atoms with Crippen molar-refractivity contribution in [2.45, 2.75) is 13.0 Å². The van der Waals surface area contributed by atoms with Crippen LogP contribution in [-0.2, 0) is 0 Å². The minimum Gasteiger partial charge on any atom is -0.495 e. The predicted molar refractivity (Wildman–Crippen MR) is 86.0 cm³/mol. The molecule has 0 aliphatic rings. The van der Waals surface area contributed by atoms with Crippen LogP contribution >= 0.6 is 34.2 Å². The summed E-state index contributed by atoms with van der Waals surface area (Å²) in [4.78, 5) is 0. The highest BCUT2D eigenvalue weighted by molar-refractivity contribution is 14.1. The number of hydrogen-bond acceptors (Lipinski definition) is 2. The summed E-state index contributed by atoms with van der Waals surface area (Å²) in [5, 5.41) is 11.0. The molecule has 1 atom stereocenters. The summed E-state index contributed by atoms with van der Waals surface area (Å²) in [6.45, 7) is 2.03. The molecule has 2 nitrogen and oxygen atoms in total. The Hall–Kier alpha value is -0.780. The summed E-state index contributed by atoms with van der Waals surface area (Å²) in [5.41, 5.74) is 2.80. The molecule has 2 aromatic carbocycles. The van der Waals surface area contributed by atoms with Crippen LogP contribution in [0.2, 0.25) is 5.02 Å². The molecule has 0 bridgehead atoms. The Morgan fingerprint density at radius 3 is 2.63 bits per heavy atom. The van der Waals surface area contributed by atoms with Crippen molar-refractivity contribution < 1.29 is 9.84 Å². The van der Waals surface area contributed by atoms with Gasteiger partial charge in [-0.15, -0.1) is 0 Å². The third kappa shape index (κ3) is 3.04. The van der Waals surface area contributed by atoms with Gasteiger partial charge >= 0.3 is 0 Å². The molecule has 1 N–H and O–H groups in total. The summed E-state index contributed by atoms with van der Waals surface area (Å²) in [6.07, 6.45) is -0.685. The first kappa shape index (κ1) is 14.6. The van der Waals surface area contributed by atoms with Crippen molar-refractivity contribution in [1.82, 2.24) is 0 Å². The van der Waals surface area contributed by atoms with E-state index in [1.54, 1.807) is 19.2 Å². The predicted octanol–water partition coefficient (Wildman–Crippen LogP) is 4.34. The maximum atomic E-state index is 10.5. The van der Waals surface area contributed by atoms with Crippen LogP contribution in [0.5, 0.6) is 5.75 Å². The smallest absolute Gasteiger partial charge is 0.137 e. The zero-order chi connectivity index (χ0) is 14.0. The Kier molecular flexibility index (Phi) is 4.71. The first-order valence-corrected chi connectivity index (χ1v) is 7.26. The second-order valence-corrected chi connectivity index (χ2v) is 5.76. The maximum absolute atomic E-state index is 10.5. The van der Waals surface area contributed by atoms with Crippen LogP contribution in [0.1, 0.15) is 22.8 Å². The van der Waals surface area contributed by atoms with Crippen LogP contribution in [0.25, 0.3) is 0 Å².